The lowest BCUT2D eigenvalue weighted by Crippen LogP contribution is -2.39. The van der Waals surface area contributed by atoms with Gasteiger partial charge in [-0.25, -0.2) is 4.98 Å². The Hall–Kier alpha value is -2.12. The van der Waals surface area contributed by atoms with Gasteiger partial charge in [0, 0.05) is 44.9 Å². The van der Waals surface area contributed by atoms with E-state index < -0.39 is 0 Å². The maximum Gasteiger partial charge on any atom is 0.256 e. The number of aryl methyl sites for hydroxylation is 2. The average Bonchev–Trinajstić information content (AvgIpc) is 3.31. The van der Waals surface area contributed by atoms with Crippen molar-refractivity contribution in [2.75, 3.05) is 31.6 Å². The first-order valence-electron chi connectivity index (χ1n) is 9.47. The van der Waals surface area contributed by atoms with Gasteiger partial charge in [0.1, 0.15) is 0 Å². The molecule has 1 amide bonds. The number of thiazole rings is 1. The number of aromatic nitrogens is 3. The monoisotopic (exact) mass is 417 g/mol. The highest BCUT2D eigenvalue weighted by Crippen LogP contribution is 2.35. The second-order valence-corrected chi connectivity index (χ2v) is 8.95. The summed E-state index contributed by atoms with van der Waals surface area (Å²) in [6.45, 7) is 4.73. The highest BCUT2D eigenvalue weighted by Gasteiger charge is 2.25. The van der Waals surface area contributed by atoms with Gasteiger partial charge in [-0.05, 0) is 43.4 Å². The van der Waals surface area contributed by atoms with Gasteiger partial charge in [-0.1, -0.05) is 22.9 Å². The van der Waals surface area contributed by atoms with Crippen molar-refractivity contribution in [3.05, 3.63) is 40.7 Å². The molecule has 0 N–H and O–H groups in total. The molecule has 1 aromatic carbocycles. The molecule has 0 aliphatic carbocycles. The zero-order chi connectivity index (χ0) is 19.8. The summed E-state index contributed by atoms with van der Waals surface area (Å²) in [5.41, 5.74) is 2.70. The van der Waals surface area contributed by atoms with E-state index in [-0.39, 0.29) is 5.91 Å². The smallest absolute Gasteiger partial charge is 0.256 e. The van der Waals surface area contributed by atoms with E-state index in [0.29, 0.717) is 11.5 Å². The van der Waals surface area contributed by atoms with Gasteiger partial charge in [0.25, 0.3) is 5.91 Å². The fourth-order valence-corrected chi connectivity index (χ4v) is 4.98. The van der Waals surface area contributed by atoms with Gasteiger partial charge >= 0.3 is 0 Å². The fraction of sp³-hybridized carbons (Fsp3) is 0.450. The molecule has 1 saturated heterocycles. The van der Waals surface area contributed by atoms with Crippen molar-refractivity contribution < 1.29 is 4.79 Å². The minimum Gasteiger partial charge on any atom is -0.348 e. The molecular formula is C20H24ClN5OS. The maximum absolute atomic E-state index is 12.5. The molecule has 0 radical (unpaired) electrons. The molecule has 3 aromatic rings. The fourth-order valence-electron chi connectivity index (χ4n) is 3.75. The minimum absolute atomic E-state index is 0.0362. The zero-order valence-corrected chi connectivity index (χ0v) is 17.9. The lowest BCUT2D eigenvalue weighted by atomic mass is 9.96. The number of carbonyl (C=O) groups excluding carboxylic acids is 1. The second-order valence-electron chi connectivity index (χ2n) is 7.53. The molecule has 8 heteroatoms. The van der Waals surface area contributed by atoms with Crippen LogP contribution in [-0.2, 0) is 7.05 Å². The van der Waals surface area contributed by atoms with Crippen LogP contribution in [0.4, 0.5) is 5.13 Å². The number of nitrogens with zero attached hydrogens (tertiary/aromatic N) is 5. The molecule has 1 aliphatic heterocycles. The van der Waals surface area contributed by atoms with Gasteiger partial charge in [-0.15, -0.1) is 0 Å². The summed E-state index contributed by atoms with van der Waals surface area (Å²) >= 11 is 7.96. The maximum atomic E-state index is 12.5. The van der Waals surface area contributed by atoms with E-state index in [1.54, 1.807) is 28.4 Å². The number of halogens is 1. The van der Waals surface area contributed by atoms with Crippen LogP contribution >= 0.6 is 22.9 Å². The van der Waals surface area contributed by atoms with Crippen LogP contribution in [0.15, 0.2) is 24.5 Å². The van der Waals surface area contributed by atoms with Crippen molar-refractivity contribution in [2.45, 2.75) is 19.8 Å². The third kappa shape index (κ3) is 3.73. The second kappa shape index (κ2) is 7.72. The number of hydrogen-bond acceptors (Lipinski definition) is 5. The molecule has 148 valence electrons. The number of rotatable bonds is 4. The molecule has 2 aromatic heterocycles. The molecule has 0 spiro atoms. The summed E-state index contributed by atoms with van der Waals surface area (Å²) in [7, 11) is 3.70. The molecule has 1 fully saturated rings. The van der Waals surface area contributed by atoms with E-state index >= 15 is 0 Å². The average molecular weight is 418 g/mol. The first-order chi connectivity index (χ1) is 13.4. The summed E-state index contributed by atoms with van der Waals surface area (Å²) in [4.78, 5) is 21.5. The van der Waals surface area contributed by atoms with E-state index in [4.69, 9.17) is 16.6 Å². The molecule has 1 aliphatic rings. The summed E-state index contributed by atoms with van der Waals surface area (Å²) in [5.74, 6) is 0.543. The van der Waals surface area contributed by atoms with Gasteiger partial charge in [-0.2, -0.15) is 5.10 Å². The van der Waals surface area contributed by atoms with E-state index in [9.17, 15) is 4.79 Å². The molecule has 0 bridgehead atoms. The van der Waals surface area contributed by atoms with Gasteiger partial charge in [-0.3, -0.25) is 9.48 Å². The Kier molecular flexibility index (Phi) is 5.29. The van der Waals surface area contributed by atoms with E-state index in [0.717, 1.165) is 53.7 Å². The third-order valence-corrected chi connectivity index (χ3v) is 6.94. The topological polar surface area (TPSA) is 54.3 Å². The number of hydrogen-bond donors (Lipinski definition) is 0. The molecule has 4 rings (SSSR count). The Balaban J connectivity index is 1.37. The highest BCUT2D eigenvalue weighted by molar-refractivity contribution is 7.22. The molecule has 28 heavy (non-hydrogen) atoms. The third-order valence-electron chi connectivity index (χ3n) is 5.45. The van der Waals surface area contributed by atoms with Crippen LogP contribution in [0.5, 0.6) is 0 Å². The van der Waals surface area contributed by atoms with Gasteiger partial charge in [0.15, 0.2) is 5.13 Å². The van der Waals surface area contributed by atoms with Crippen LogP contribution in [0.2, 0.25) is 5.02 Å². The van der Waals surface area contributed by atoms with Crippen LogP contribution in [0.25, 0.3) is 10.2 Å². The first kappa shape index (κ1) is 19.2. The minimum atomic E-state index is 0.0362. The van der Waals surface area contributed by atoms with Crippen molar-refractivity contribution >= 4 is 44.2 Å². The lowest BCUT2D eigenvalue weighted by molar-refractivity contribution is 0.0765. The van der Waals surface area contributed by atoms with E-state index in [1.165, 1.54) is 4.70 Å². The van der Waals surface area contributed by atoms with Gasteiger partial charge in [0.05, 0.1) is 22.0 Å². The number of anilines is 1. The van der Waals surface area contributed by atoms with Gasteiger partial charge < -0.3 is 9.80 Å². The summed E-state index contributed by atoms with van der Waals surface area (Å²) in [5, 5.41) is 5.92. The molecule has 6 nitrogen and oxygen atoms in total. The van der Waals surface area contributed by atoms with Crippen molar-refractivity contribution in [3.63, 3.8) is 0 Å². The Morgan fingerprint density at radius 1 is 1.36 bits per heavy atom. The van der Waals surface area contributed by atoms with Crippen LogP contribution in [0, 0.1) is 12.8 Å². The number of benzene rings is 1. The number of fused-ring (bicyclic) bond motifs is 1. The van der Waals surface area contributed by atoms with Crippen LogP contribution in [0.3, 0.4) is 0 Å². The van der Waals surface area contributed by atoms with Crippen molar-refractivity contribution in [1.29, 1.82) is 0 Å². The van der Waals surface area contributed by atoms with Crippen LogP contribution in [-0.4, -0.2) is 52.3 Å². The number of piperidine rings is 1. The first-order valence-corrected chi connectivity index (χ1v) is 10.7. The van der Waals surface area contributed by atoms with Crippen molar-refractivity contribution in [1.82, 2.24) is 19.7 Å². The van der Waals surface area contributed by atoms with E-state index in [1.807, 2.05) is 32.0 Å². The Labute approximate surface area is 173 Å². The molecule has 0 atom stereocenters. The van der Waals surface area contributed by atoms with Crippen molar-refractivity contribution in [2.24, 2.45) is 13.0 Å². The predicted octanol–water partition coefficient (Wildman–Crippen LogP) is 3.98. The molecular weight excluding hydrogens is 394 g/mol. The van der Waals surface area contributed by atoms with Gasteiger partial charge in [0.2, 0.25) is 0 Å². The predicted molar refractivity (Wildman–Crippen MR) is 114 cm³/mol. The quantitative estimate of drug-likeness (QED) is 0.644. The van der Waals surface area contributed by atoms with E-state index in [2.05, 4.69) is 16.1 Å². The largest absolute Gasteiger partial charge is 0.348 e. The highest BCUT2D eigenvalue weighted by atomic mass is 35.5. The lowest BCUT2D eigenvalue weighted by Gasteiger charge is -2.33. The molecule has 3 heterocycles. The van der Waals surface area contributed by atoms with Crippen molar-refractivity contribution in [3.8, 4) is 0 Å². The molecule has 0 unspecified atom stereocenters. The Morgan fingerprint density at radius 2 is 2.11 bits per heavy atom. The number of carbonyl (C=O) groups is 1. The number of amides is 1. The van der Waals surface area contributed by atoms with Crippen LogP contribution < -0.4 is 4.90 Å². The zero-order valence-electron chi connectivity index (χ0n) is 16.4. The summed E-state index contributed by atoms with van der Waals surface area (Å²) in [6.07, 6.45) is 5.51. The molecule has 0 saturated carbocycles. The Morgan fingerprint density at radius 3 is 2.79 bits per heavy atom. The standard InChI is InChI=1S/C20H24ClN5OS/c1-13-16(21)4-5-17-18(13)23-20(28-17)26-8-6-14(7-9-26)11-24(2)19(27)15-10-22-25(3)12-15/h4-5,10,12,14H,6-9,11H2,1-3H3. The Bertz CT molecular complexity index is 1010. The SMILES string of the molecule is Cc1c(Cl)ccc2sc(N3CCC(CN(C)C(=O)c4cnn(C)c4)CC3)nc12. The summed E-state index contributed by atoms with van der Waals surface area (Å²) < 4.78 is 2.84. The normalized spacial score (nSPS) is 15.4. The van der Waals surface area contributed by atoms with Crippen LogP contribution in [0.1, 0.15) is 28.8 Å². The summed E-state index contributed by atoms with van der Waals surface area (Å²) in [6, 6.07) is 4.00.